The predicted molar refractivity (Wildman–Crippen MR) is 111 cm³/mol. The van der Waals surface area contributed by atoms with E-state index in [0.29, 0.717) is 11.2 Å². The van der Waals surface area contributed by atoms with Crippen LogP contribution in [0.2, 0.25) is 5.15 Å². The van der Waals surface area contributed by atoms with E-state index in [1.165, 1.54) is 11.1 Å². The fourth-order valence-corrected chi connectivity index (χ4v) is 3.96. The van der Waals surface area contributed by atoms with Gasteiger partial charge < -0.3 is 15.8 Å². The number of ether oxygens (including phenoxy) is 1. The fourth-order valence-electron chi connectivity index (χ4n) is 2.78. The van der Waals surface area contributed by atoms with Gasteiger partial charge in [-0.1, -0.05) is 41.9 Å². The van der Waals surface area contributed by atoms with E-state index in [2.05, 4.69) is 34.7 Å². The minimum Gasteiger partial charge on any atom is -0.380 e. The van der Waals surface area contributed by atoms with Crippen LogP contribution in [0.3, 0.4) is 0 Å². The van der Waals surface area contributed by atoms with E-state index in [9.17, 15) is 0 Å². The number of halogens is 1. The molecule has 6 heteroatoms. The number of pyridine rings is 1. The highest BCUT2D eigenvalue weighted by Crippen LogP contribution is 2.32. The second kappa shape index (κ2) is 9.33. The molecule has 4 nitrogen and oxygen atoms in total. The van der Waals surface area contributed by atoms with Gasteiger partial charge in [-0.15, -0.1) is 11.3 Å². The highest BCUT2D eigenvalue weighted by atomic mass is 35.5. The molecule has 1 atom stereocenters. The van der Waals surface area contributed by atoms with Gasteiger partial charge in [0.1, 0.15) is 5.15 Å². The first kappa shape index (κ1) is 19.1. The van der Waals surface area contributed by atoms with Gasteiger partial charge in [-0.3, -0.25) is 0 Å². The summed E-state index contributed by atoms with van der Waals surface area (Å²) in [5, 5.41) is 6.09. The van der Waals surface area contributed by atoms with Crippen molar-refractivity contribution in [2.45, 2.75) is 32.4 Å². The lowest BCUT2D eigenvalue weighted by Gasteiger charge is -2.16. The Kier molecular flexibility index (Phi) is 6.86. The van der Waals surface area contributed by atoms with Crippen LogP contribution in [-0.4, -0.2) is 24.2 Å². The maximum Gasteiger partial charge on any atom is 0.131 e. The second-order valence-electron chi connectivity index (χ2n) is 6.41. The maximum absolute atomic E-state index is 6.09. The van der Waals surface area contributed by atoms with Crippen LogP contribution in [0.25, 0.3) is 10.2 Å². The zero-order valence-electron chi connectivity index (χ0n) is 14.9. The summed E-state index contributed by atoms with van der Waals surface area (Å²) in [5.74, 6) is 0. The SMILES string of the molecule is Cc1csc2c(NCc3ccccc3)cc(Cl)nc12.NC1CCCOC1. The summed E-state index contributed by atoms with van der Waals surface area (Å²) in [6, 6.07) is 12.5. The van der Waals surface area contributed by atoms with Gasteiger partial charge in [0.25, 0.3) is 0 Å². The average molecular weight is 390 g/mol. The van der Waals surface area contributed by atoms with Gasteiger partial charge in [-0.25, -0.2) is 4.98 Å². The lowest BCUT2D eigenvalue weighted by Crippen LogP contribution is -2.30. The summed E-state index contributed by atoms with van der Waals surface area (Å²) in [6.07, 6.45) is 2.28. The van der Waals surface area contributed by atoms with Crippen molar-refractivity contribution in [3.8, 4) is 0 Å². The number of anilines is 1. The van der Waals surface area contributed by atoms with Crippen LogP contribution in [-0.2, 0) is 11.3 Å². The summed E-state index contributed by atoms with van der Waals surface area (Å²) in [5.41, 5.74) is 9.97. The van der Waals surface area contributed by atoms with Gasteiger partial charge >= 0.3 is 0 Å². The van der Waals surface area contributed by atoms with Crippen molar-refractivity contribution in [3.05, 3.63) is 58.1 Å². The van der Waals surface area contributed by atoms with Crippen molar-refractivity contribution in [3.63, 3.8) is 0 Å². The normalized spacial score (nSPS) is 16.8. The summed E-state index contributed by atoms with van der Waals surface area (Å²) in [7, 11) is 0. The van der Waals surface area contributed by atoms with Crippen LogP contribution >= 0.6 is 22.9 Å². The molecule has 1 unspecified atom stereocenters. The number of thiophene rings is 1. The Hall–Kier alpha value is -1.66. The monoisotopic (exact) mass is 389 g/mol. The van der Waals surface area contributed by atoms with Crippen LogP contribution in [0.1, 0.15) is 24.0 Å². The Labute approximate surface area is 163 Å². The van der Waals surface area contributed by atoms with Crippen molar-refractivity contribution in [2.24, 2.45) is 5.73 Å². The number of hydrogen-bond donors (Lipinski definition) is 2. The highest BCUT2D eigenvalue weighted by molar-refractivity contribution is 7.18. The Bertz CT molecular complexity index is 832. The molecule has 3 N–H and O–H groups in total. The van der Waals surface area contributed by atoms with E-state index < -0.39 is 0 Å². The number of rotatable bonds is 3. The van der Waals surface area contributed by atoms with Crippen molar-refractivity contribution in [2.75, 3.05) is 18.5 Å². The summed E-state index contributed by atoms with van der Waals surface area (Å²) < 4.78 is 6.22. The molecule has 1 fully saturated rings. The average Bonchev–Trinajstić information content (AvgIpc) is 3.03. The van der Waals surface area contributed by atoms with Crippen molar-refractivity contribution >= 4 is 38.8 Å². The standard InChI is InChI=1S/C15H13ClN2S.C5H11NO/c1-10-9-19-15-12(7-13(16)18-14(10)15)17-8-11-5-3-2-4-6-11;6-5-2-1-3-7-4-5/h2-7,9H,8H2,1H3,(H,17,18);5H,1-4,6H2. The molecule has 0 aliphatic carbocycles. The molecular weight excluding hydrogens is 366 g/mol. The minimum absolute atomic E-state index is 0.314. The Morgan fingerprint density at radius 1 is 1.35 bits per heavy atom. The molecule has 0 amide bonds. The van der Waals surface area contributed by atoms with E-state index in [0.717, 1.165) is 48.5 Å². The Morgan fingerprint density at radius 3 is 2.81 bits per heavy atom. The van der Waals surface area contributed by atoms with Gasteiger partial charge in [0.2, 0.25) is 0 Å². The Balaban J connectivity index is 0.000000236. The molecular formula is C20H24ClN3OS. The van der Waals surface area contributed by atoms with Gasteiger partial charge in [0, 0.05) is 25.3 Å². The topological polar surface area (TPSA) is 60.2 Å². The largest absolute Gasteiger partial charge is 0.380 e. The number of nitrogens with one attached hydrogen (secondary N) is 1. The third-order valence-corrected chi connectivity index (χ3v) is 5.50. The molecule has 3 heterocycles. The van der Waals surface area contributed by atoms with E-state index in [1.807, 2.05) is 24.3 Å². The van der Waals surface area contributed by atoms with Crippen LogP contribution in [0.15, 0.2) is 41.8 Å². The van der Waals surface area contributed by atoms with E-state index in [4.69, 9.17) is 22.1 Å². The molecule has 26 heavy (non-hydrogen) atoms. The number of nitrogens with zero attached hydrogens (tertiary/aromatic N) is 1. The molecule has 4 rings (SSSR count). The predicted octanol–water partition coefficient (Wildman–Crippen LogP) is 4.99. The van der Waals surface area contributed by atoms with Crippen LogP contribution in [0, 0.1) is 6.92 Å². The Morgan fingerprint density at radius 2 is 2.15 bits per heavy atom. The lowest BCUT2D eigenvalue weighted by molar-refractivity contribution is 0.0822. The molecule has 3 aromatic rings. The summed E-state index contributed by atoms with van der Waals surface area (Å²) in [6.45, 7) is 4.52. The van der Waals surface area contributed by atoms with Gasteiger partial charge in [0.15, 0.2) is 0 Å². The number of fused-ring (bicyclic) bond motifs is 1. The zero-order chi connectivity index (χ0) is 18.4. The lowest BCUT2D eigenvalue weighted by atomic mass is 10.1. The fraction of sp³-hybridized carbons (Fsp3) is 0.350. The first-order chi connectivity index (χ1) is 12.6. The quantitative estimate of drug-likeness (QED) is 0.619. The van der Waals surface area contributed by atoms with Crippen molar-refractivity contribution < 1.29 is 4.74 Å². The molecule has 1 aliphatic heterocycles. The first-order valence-corrected chi connectivity index (χ1v) is 10.0. The maximum atomic E-state index is 6.09. The zero-order valence-corrected chi connectivity index (χ0v) is 16.4. The smallest absolute Gasteiger partial charge is 0.131 e. The molecule has 0 spiro atoms. The number of nitrogens with two attached hydrogens (primary N) is 1. The molecule has 2 aromatic heterocycles. The molecule has 0 bridgehead atoms. The molecule has 1 saturated heterocycles. The molecule has 0 radical (unpaired) electrons. The van der Waals surface area contributed by atoms with Crippen molar-refractivity contribution in [1.29, 1.82) is 0 Å². The second-order valence-corrected chi connectivity index (χ2v) is 7.67. The van der Waals surface area contributed by atoms with Crippen LogP contribution < -0.4 is 11.1 Å². The molecule has 0 saturated carbocycles. The van der Waals surface area contributed by atoms with Crippen LogP contribution in [0.5, 0.6) is 0 Å². The van der Waals surface area contributed by atoms with Gasteiger partial charge in [0.05, 0.1) is 22.5 Å². The third-order valence-electron chi connectivity index (χ3n) is 4.19. The minimum atomic E-state index is 0.314. The first-order valence-electron chi connectivity index (χ1n) is 8.79. The third kappa shape index (κ3) is 5.17. The number of hydrogen-bond acceptors (Lipinski definition) is 5. The number of aromatic nitrogens is 1. The number of benzene rings is 1. The van der Waals surface area contributed by atoms with Crippen LogP contribution in [0.4, 0.5) is 5.69 Å². The van der Waals surface area contributed by atoms with Gasteiger partial charge in [-0.2, -0.15) is 0 Å². The molecule has 138 valence electrons. The van der Waals surface area contributed by atoms with E-state index in [-0.39, 0.29) is 0 Å². The van der Waals surface area contributed by atoms with E-state index in [1.54, 1.807) is 11.3 Å². The summed E-state index contributed by atoms with van der Waals surface area (Å²) in [4.78, 5) is 4.39. The van der Waals surface area contributed by atoms with Gasteiger partial charge in [-0.05, 0) is 36.3 Å². The highest BCUT2D eigenvalue weighted by Gasteiger charge is 2.09. The van der Waals surface area contributed by atoms with E-state index >= 15 is 0 Å². The number of aryl methyl sites for hydroxylation is 1. The molecule has 1 aliphatic rings. The summed E-state index contributed by atoms with van der Waals surface area (Å²) >= 11 is 7.79. The molecule has 1 aromatic carbocycles. The van der Waals surface area contributed by atoms with Crippen molar-refractivity contribution in [1.82, 2.24) is 4.98 Å².